The number of nitrogens with one attached hydrogen (secondary N) is 1. The molecule has 124 valence electrons. The third-order valence-electron chi connectivity index (χ3n) is 5.67. The van der Waals surface area contributed by atoms with Gasteiger partial charge in [-0.05, 0) is 73.4 Å². The molecule has 1 aromatic rings. The molecule has 1 heterocycles. The third-order valence-corrected chi connectivity index (χ3v) is 5.67. The summed E-state index contributed by atoms with van der Waals surface area (Å²) < 4.78 is 0. The van der Waals surface area contributed by atoms with Crippen LogP contribution in [0.5, 0.6) is 0 Å². The van der Waals surface area contributed by atoms with E-state index < -0.39 is 0 Å². The van der Waals surface area contributed by atoms with E-state index in [0.717, 1.165) is 26.2 Å². The molecular formula is C20H34N2. The van der Waals surface area contributed by atoms with Gasteiger partial charge >= 0.3 is 0 Å². The molecule has 1 saturated heterocycles. The standard InChI is InChI=1S/C20H34N2/c1-13-14(2)16(4)18(17(5)15(13)3)19(20(6,7)8)22-11-9-21-10-12-22/h19,21H,9-12H2,1-8H3/t19-/m0/s1. The maximum atomic E-state index is 3.49. The van der Waals surface area contributed by atoms with E-state index in [1.807, 2.05) is 0 Å². The fourth-order valence-electron chi connectivity index (χ4n) is 4.04. The number of nitrogens with zero attached hydrogens (tertiary/aromatic N) is 1. The summed E-state index contributed by atoms with van der Waals surface area (Å²) in [4.78, 5) is 2.69. The van der Waals surface area contributed by atoms with Crippen molar-refractivity contribution in [1.29, 1.82) is 0 Å². The van der Waals surface area contributed by atoms with Gasteiger partial charge in [0.1, 0.15) is 0 Å². The fraction of sp³-hybridized carbons (Fsp3) is 0.700. The third kappa shape index (κ3) is 3.09. The molecule has 0 aromatic heterocycles. The van der Waals surface area contributed by atoms with Crippen LogP contribution >= 0.6 is 0 Å². The first-order valence-corrected chi connectivity index (χ1v) is 8.68. The average molecular weight is 303 g/mol. The number of hydrogen-bond acceptors (Lipinski definition) is 2. The molecule has 1 aliphatic rings. The fourth-order valence-corrected chi connectivity index (χ4v) is 4.04. The van der Waals surface area contributed by atoms with Crippen LogP contribution in [0.25, 0.3) is 0 Å². The van der Waals surface area contributed by atoms with Crippen molar-refractivity contribution in [3.63, 3.8) is 0 Å². The monoisotopic (exact) mass is 302 g/mol. The zero-order chi connectivity index (χ0) is 16.7. The van der Waals surface area contributed by atoms with Gasteiger partial charge in [-0.3, -0.25) is 4.90 Å². The van der Waals surface area contributed by atoms with Gasteiger partial charge in [0, 0.05) is 32.2 Å². The van der Waals surface area contributed by atoms with Crippen LogP contribution in [0.15, 0.2) is 0 Å². The topological polar surface area (TPSA) is 15.3 Å². The van der Waals surface area contributed by atoms with Gasteiger partial charge in [0.2, 0.25) is 0 Å². The highest BCUT2D eigenvalue weighted by atomic mass is 15.2. The molecule has 1 N–H and O–H groups in total. The highest BCUT2D eigenvalue weighted by molar-refractivity contribution is 5.51. The molecular weight excluding hydrogens is 268 g/mol. The lowest BCUT2D eigenvalue weighted by atomic mass is 9.75. The number of piperazine rings is 1. The molecule has 0 unspecified atom stereocenters. The van der Waals surface area contributed by atoms with Crippen molar-refractivity contribution in [1.82, 2.24) is 10.2 Å². The number of rotatable bonds is 2. The Kier molecular flexibility index (Phi) is 5.03. The SMILES string of the molecule is Cc1c(C)c(C)c([C@H](N2CCNCC2)C(C)(C)C)c(C)c1C. The minimum atomic E-state index is 0.237. The van der Waals surface area contributed by atoms with E-state index in [1.165, 1.54) is 27.8 Å². The second-order valence-corrected chi connectivity index (χ2v) is 8.09. The van der Waals surface area contributed by atoms with Crippen LogP contribution in [0.4, 0.5) is 0 Å². The van der Waals surface area contributed by atoms with Crippen molar-refractivity contribution in [2.24, 2.45) is 5.41 Å². The second-order valence-electron chi connectivity index (χ2n) is 8.09. The summed E-state index contributed by atoms with van der Waals surface area (Å²) in [5, 5.41) is 3.49. The van der Waals surface area contributed by atoms with E-state index in [0.29, 0.717) is 6.04 Å². The van der Waals surface area contributed by atoms with Crippen LogP contribution in [0.2, 0.25) is 0 Å². The first-order valence-electron chi connectivity index (χ1n) is 8.68. The van der Waals surface area contributed by atoms with Crippen molar-refractivity contribution < 1.29 is 0 Å². The van der Waals surface area contributed by atoms with Crippen LogP contribution in [0.1, 0.15) is 60.2 Å². The first kappa shape index (κ1) is 17.5. The molecule has 22 heavy (non-hydrogen) atoms. The Bertz CT molecular complexity index is 517. The maximum Gasteiger partial charge on any atom is 0.0402 e. The number of benzene rings is 1. The van der Waals surface area contributed by atoms with E-state index in [-0.39, 0.29) is 5.41 Å². The Morgan fingerprint density at radius 3 is 1.59 bits per heavy atom. The molecule has 0 amide bonds. The van der Waals surface area contributed by atoms with Crippen molar-refractivity contribution >= 4 is 0 Å². The van der Waals surface area contributed by atoms with E-state index in [9.17, 15) is 0 Å². The van der Waals surface area contributed by atoms with Crippen LogP contribution in [0, 0.1) is 40.0 Å². The molecule has 0 saturated carbocycles. The predicted octanol–water partition coefficient (Wildman–Crippen LogP) is 4.22. The molecule has 2 nitrogen and oxygen atoms in total. The van der Waals surface area contributed by atoms with Gasteiger partial charge in [0.05, 0.1) is 0 Å². The summed E-state index contributed by atoms with van der Waals surface area (Å²) in [5.41, 5.74) is 9.23. The van der Waals surface area contributed by atoms with Crippen molar-refractivity contribution in [3.8, 4) is 0 Å². The largest absolute Gasteiger partial charge is 0.314 e. The van der Waals surface area contributed by atoms with Gasteiger partial charge in [0.25, 0.3) is 0 Å². The molecule has 2 heteroatoms. The maximum absolute atomic E-state index is 3.49. The molecule has 0 bridgehead atoms. The van der Waals surface area contributed by atoms with Crippen LogP contribution in [-0.4, -0.2) is 31.1 Å². The molecule has 0 spiro atoms. The molecule has 0 aliphatic carbocycles. The Hall–Kier alpha value is -0.860. The van der Waals surface area contributed by atoms with Gasteiger partial charge in [-0.25, -0.2) is 0 Å². The van der Waals surface area contributed by atoms with Gasteiger partial charge in [0.15, 0.2) is 0 Å². The molecule has 1 atom stereocenters. The summed E-state index contributed by atoms with van der Waals surface area (Å²) in [7, 11) is 0. The van der Waals surface area contributed by atoms with Gasteiger partial charge in [-0.2, -0.15) is 0 Å². The lowest BCUT2D eigenvalue weighted by Gasteiger charge is -2.44. The quantitative estimate of drug-likeness (QED) is 0.880. The molecule has 1 fully saturated rings. The van der Waals surface area contributed by atoms with Gasteiger partial charge < -0.3 is 5.32 Å². The average Bonchev–Trinajstić information content (AvgIpc) is 2.47. The van der Waals surface area contributed by atoms with Crippen LogP contribution < -0.4 is 5.32 Å². The lowest BCUT2D eigenvalue weighted by molar-refractivity contribution is 0.0852. The minimum Gasteiger partial charge on any atom is -0.314 e. The Labute approximate surface area is 137 Å². The molecule has 1 aromatic carbocycles. The highest BCUT2D eigenvalue weighted by Crippen LogP contribution is 2.43. The smallest absolute Gasteiger partial charge is 0.0402 e. The van der Waals surface area contributed by atoms with Gasteiger partial charge in [-0.1, -0.05) is 20.8 Å². The van der Waals surface area contributed by atoms with Crippen LogP contribution in [0.3, 0.4) is 0 Å². The van der Waals surface area contributed by atoms with Crippen molar-refractivity contribution in [2.45, 2.75) is 61.4 Å². The molecule has 2 rings (SSSR count). The van der Waals surface area contributed by atoms with Crippen LogP contribution in [-0.2, 0) is 0 Å². The van der Waals surface area contributed by atoms with E-state index in [1.54, 1.807) is 5.56 Å². The Morgan fingerprint density at radius 2 is 1.18 bits per heavy atom. The van der Waals surface area contributed by atoms with E-state index in [2.05, 4.69) is 65.6 Å². The highest BCUT2D eigenvalue weighted by Gasteiger charge is 2.35. The van der Waals surface area contributed by atoms with Crippen molar-refractivity contribution in [2.75, 3.05) is 26.2 Å². The van der Waals surface area contributed by atoms with E-state index >= 15 is 0 Å². The summed E-state index contributed by atoms with van der Waals surface area (Å²) in [5.74, 6) is 0. The van der Waals surface area contributed by atoms with E-state index in [4.69, 9.17) is 0 Å². The Morgan fingerprint density at radius 1 is 0.773 bits per heavy atom. The normalized spacial score (nSPS) is 18.5. The summed E-state index contributed by atoms with van der Waals surface area (Å²) in [6, 6.07) is 0.493. The first-order chi connectivity index (χ1) is 10.2. The zero-order valence-corrected chi connectivity index (χ0v) is 15.9. The molecule has 1 aliphatic heterocycles. The minimum absolute atomic E-state index is 0.237. The van der Waals surface area contributed by atoms with Crippen molar-refractivity contribution in [3.05, 3.63) is 33.4 Å². The summed E-state index contributed by atoms with van der Waals surface area (Å²) in [6.45, 7) is 23.2. The zero-order valence-electron chi connectivity index (χ0n) is 15.9. The number of hydrogen-bond donors (Lipinski definition) is 1. The summed E-state index contributed by atoms with van der Waals surface area (Å²) in [6.07, 6.45) is 0. The molecule has 0 radical (unpaired) electrons. The lowest BCUT2D eigenvalue weighted by Crippen LogP contribution is -2.48. The predicted molar refractivity (Wildman–Crippen MR) is 96.8 cm³/mol. The second kappa shape index (κ2) is 6.33. The summed E-state index contributed by atoms with van der Waals surface area (Å²) >= 11 is 0. The Balaban J connectivity index is 2.62. The van der Waals surface area contributed by atoms with Gasteiger partial charge in [-0.15, -0.1) is 0 Å².